The molecule has 8 heteroatoms. The molecular weight excluding hydrogens is 330 g/mol. The number of amides is 2. The Morgan fingerprint density at radius 1 is 1.23 bits per heavy atom. The summed E-state index contributed by atoms with van der Waals surface area (Å²) in [6.07, 6.45) is 4.22. The molecule has 8 nitrogen and oxygen atoms in total. The summed E-state index contributed by atoms with van der Waals surface area (Å²) in [5.74, 6) is 0.504. The summed E-state index contributed by atoms with van der Waals surface area (Å²) in [4.78, 5) is 14.3. The topological polar surface area (TPSA) is 87.1 Å². The Balaban J connectivity index is 1.61. The van der Waals surface area contributed by atoms with E-state index in [0.29, 0.717) is 24.5 Å². The first-order valence-corrected chi connectivity index (χ1v) is 8.94. The molecular formula is C18H27N7O. The lowest BCUT2D eigenvalue weighted by Crippen LogP contribution is -2.35. The molecule has 3 rings (SSSR count). The van der Waals surface area contributed by atoms with Crippen molar-refractivity contribution in [3.8, 4) is 5.69 Å². The van der Waals surface area contributed by atoms with Crippen molar-refractivity contribution in [2.24, 2.45) is 5.92 Å². The summed E-state index contributed by atoms with van der Waals surface area (Å²) in [5, 5.41) is 10.7. The Hall–Kier alpha value is -2.45. The molecule has 0 bridgehead atoms. The van der Waals surface area contributed by atoms with Crippen molar-refractivity contribution in [2.45, 2.75) is 39.3 Å². The van der Waals surface area contributed by atoms with Gasteiger partial charge in [0.05, 0.1) is 5.69 Å². The Kier molecular flexibility index (Phi) is 5.53. The minimum absolute atomic E-state index is 0.103. The second-order valence-electron chi connectivity index (χ2n) is 7.04. The Labute approximate surface area is 154 Å². The molecule has 2 amide bonds. The van der Waals surface area contributed by atoms with E-state index in [1.165, 1.54) is 0 Å². The molecule has 1 aliphatic heterocycles. The van der Waals surface area contributed by atoms with Gasteiger partial charge in [0, 0.05) is 31.4 Å². The van der Waals surface area contributed by atoms with Crippen molar-refractivity contribution in [3.63, 3.8) is 0 Å². The lowest BCUT2D eigenvalue weighted by molar-refractivity contribution is 0.217. The number of benzene rings is 1. The molecule has 1 aromatic carbocycles. The van der Waals surface area contributed by atoms with Gasteiger partial charge in [-0.2, -0.15) is 0 Å². The van der Waals surface area contributed by atoms with Crippen molar-refractivity contribution in [1.82, 2.24) is 30.5 Å². The van der Waals surface area contributed by atoms with E-state index < -0.39 is 0 Å². The highest BCUT2D eigenvalue weighted by Gasteiger charge is 2.29. The number of anilines is 1. The molecule has 2 aromatic rings. The molecule has 1 aromatic heterocycles. The molecule has 2 unspecified atom stereocenters. The van der Waals surface area contributed by atoms with E-state index in [-0.39, 0.29) is 6.03 Å². The molecule has 1 fully saturated rings. The zero-order valence-corrected chi connectivity index (χ0v) is 15.7. The first kappa shape index (κ1) is 18.3. The predicted molar refractivity (Wildman–Crippen MR) is 101 cm³/mol. The molecule has 0 radical (unpaired) electrons. The van der Waals surface area contributed by atoms with E-state index in [1.54, 1.807) is 17.6 Å². The predicted octanol–water partition coefficient (Wildman–Crippen LogP) is 1.93. The number of carbonyl (C=O) groups excluding carboxylic acids is 1. The number of rotatable bonds is 5. The number of nitrogens with one attached hydrogen (secondary N) is 3. The molecule has 0 spiro atoms. The zero-order valence-electron chi connectivity index (χ0n) is 15.7. The van der Waals surface area contributed by atoms with Crippen LogP contribution in [-0.4, -0.2) is 51.4 Å². The van der Waals surface area contributed by atoms with Gasteiger partial charge in [-0.1, -0.05) is 6.07 Å². The standard InChI is InChI=1S/C18H27N7O/c1-12-5-6-15(25-10-19-20-11-25)9-17(12)21-18(26)24(4)8-7-16-13(2)22-23-14(16)3/h5-6,9-11,13-14,16,22-23H,7-8H2,1-4H3,(H,21,26). The van der Waals surface area contributed by atoms with Crippen LogP contribution in [0.5, 0.6) is 0 Å². The van der Waals surface area contributed by atoms with Crippen LogP contribution in [0, 0.1) is 12.8 Å². The summed E-state index contributed by atoms with van der Waals surface area (Å²) in [5.41, 5.74) is 9.22. The van der Waals surface area contributed by atoms with E-state index in [9.17, 15) is 4.79 Å². The zero-order chi connectivity index (χ0) is 18.7. The quantitative estimate of drug-likeness (QED) is 0.761. The average molecular weight is 357 g/mol. The lowest BCUT2D eigenvalue weighted by Gasteiger charge is -2.23. The Bertz CT molecular complexity index is 736. The first-order valence-electron chi connectivity index (χ1n) is 8.94. The Morgan fingerprint density at radius 3 is 2.54 bits per heavy atom. The van der Waals surface area contributed by atoms with Crippen molar-refractivity contribution in [1.29, 1.82) is 0 Å². The van der Waals surface area contributed by atoms with Crippen LogP contribution in [0.25, 0.3) is 5.69 Å². The number of carbonyl (C=O) groups is 1. The van der Waals surface area contributed by atoms with E-state index in [0.717, 1.165) is 23.4 Å². The van der Waals surface area contributed by atoms with Gasteiger partial charge in [-0.05, 0) is 50.8 Å². The summed E-state index contributed by atoms with van der Waals surface area (Å²) in [6.45, 7) is 7.02. The molecule has 1 saturated heterocycles. The van der Waals surface area contributed by atoms with Crippen LogP contribution in [-0.2, 0) is 0 Å². The summed E-state index contributed by atoms with van der Waals surface area (Å²) < 4.78 is 1.81. The molecule has 26 heavy (non-hydrogen) atoms. The van der Waals surface area contributed by atoms with Gasteiger partial charge >= 0.3 is 6.03 Å². The largest absolute Gasteiger partial charge is 0.328 e. The molecule has 0 saturated carbocycles. The number of nitrogens with zero attached hydrogens (tertiary/aromatic N) is 4. The SMILES string of the molecule is Cc1ccc(-n2cnnc2)cc1NC(=O)N(C)CCC1C(C)NNC1C. The molecule has 140 valence electrons. The van der Waals surface area contributed by atoms with E-state index in [1.807, 2.05) is 36.7 Å². The maximum absolute atomic E-state index is 12.6. The highest BCUT2D eigenvalue weighted by Crippen LogP contribution is 2.21. The number of hydrazine groups is 1. The van der Waals surface area contributed by atoms with Crippen molar-refractivity contribution in [2.75, 3.05) is 18.9 Å². The van der Waals surface area contributed by atoms with Crippen molar-refractivity contribution >= 4 is 11.7 Å². The van der Waals surface area contributed by atoms with E-state index in [2.05, 4.69) is 40.2 Å². The summed E-state index contributed by atoms with van der Waals surface area (Å²) in [6, 6.07) is 6.59. The fourth-order valence-corrected chi connectivity index (χ4v) is 3.30. The fourth-order valence-electron chi connectivity index (χ4n) is 3.30. The van der Waals surface area contributed by atoms with E-state index >= 15 is 0 Å². The van der Waals surface area contributed by atoms with Crippen LogP contribution in [0.3, 0.4) is 0 Å². The van der Waals surface area contributed by atoms with Crippen molar-refractivity contribution in [3.05, 3.63) is 36.4 Å². The molecule has 3 N–H and O–H groups in total. The lowest BCUT2D eigenvalue weighted by atomic mass is 9.93. The maximum atomic E-state index is 12.6. The molecule has 2 heterocycles. The van der Waals surface area contributed by atoms with Crippen LogP contribution < -0.4 is 16.2 Å². The number of hydrogen-bond donors (Lipinski definition) is 3. The van der Waals surface area contributed by atoms with Gasteiger partial charge in [-0.3, -0.25) is 15.4 Å². The monoisotopic (exact) mass is 357 g/mol. The fraction of sp³-hybridized carbons (Fsp3) is 0.500. The number of aryl methyl sites for hydroxylation is 1. The average Bonchev–Trinajstić information content (AvgIpc) is 3.26. The van der Waals surface area contributed by atoms with Crippen molar-refractivity contribution < 1.29 is 4.79 Å². The normalized spacial score (nSPS) is 22.4. The maximum Gasteiger partial charge on any atom is 0.321 e. The second kappa shape index (κ2) is 7.84. The third kappa shape index (κ3) is 4.03. The summed E-state index contributed by atoms with van der Waals surface area (Å²) in [7, 11) is 1.83. The van der Waals surface area contributed by atoms with Gasteiger partial charge in [-0.25, -0.2) is 4.79 Å². The summed E-state index contributed by atoms with van der Waals surface area (Å²) >= 11 is 0. The van der Waals surface area contributed by atoms with Crippen LogP contribution in [0.4, 0.5) is 10.5 Å². The molecule has 0 aliphatic carbocycles. The van der Waals surface area contributed by atoms with Crippen LogP contribution >= 0.6 is 0 Å². The molecule has 1 aliphatic rings. The number of urea groups is 1. The third-order valence-corrected chi connectivity index (χ3v) is 5.15. The Morgan fingerprint density at radius 2 is 1.88 bits per heavy atom. The van der Waals surface area contributed by atoms with Gasteiger partial charge in [0.25, 0.3) is 0 Å². The van der Waals surface area contributed by atoms with Gasteiger partial charge in [0.2, 0.25) is 0 Å². The van der Waals surface area contributed by atoms with Gasteiger partial charge in [0.15, 0.2) is 0 Å². The van der Waals surface area contributed by atoms with E-state index in [4.69, 9.17) is 0 Å². The van der Waals surface area contributed by atoms with Gasteiger partial charge in [0.1, 0.15) is 12.7 Å². The minimum atomic E-state index is -0.103. The van der Waals surface area contributed by atoms with Crippen LogP contribution in [0.1, 0.15) is 25.8 Å². The van der Waals surface area contributed by atoms with Crippen LogP contribution in [0.15, 0.2) is 30.9 Å². The highest BCUT2D eigenvalue weighted by atomic mass is 16.2. The minimum Gasteiger partial charge on any atom is -0.328 e. The highest BCUT2D eigenvalue weighted by molar-refractivity contribution is 5.90. The van der Waals surface area contributed by atoms with Gasteiger partial charge < -0.3 is 10.2 Å². The molecule has 2 atom stereocenters. The number of hydrogen-bond acceptors (Lipinski definition) is 5. The smallest absolute Gasteiger partial charge is 0.321 e. The second-order valence-corrected chi connectivity index (χ2v) is 7.04. The van der Waals surface area contributed by atoms with Crippen LogP contribution in [0.2, 0.25) is 0 Å². The van der Waals surface area contributed by atoms with Gasteiger partial charge in [-0.15, -0.1) is 10.2 Å². The first-order chi connectivity index (χ1) is 12.5. The number of aromatic nitrogens is 3. The third-order valence-electron chi connectivity index (χ3n) is 5.15.